The Hall–Kier alpha value is -4.07. The molecule has 1 aliphatic carbocycles. The Balaban J connectivity index is 1.75. The summed E-state index contributed by atoms with van der Waals surface area (Å²) >= 11 is 0. The molecule has 8 heteroatoms. The Morgan fingerprint density at radius 1 is 0.976 bits per heavy atom. The number of nitrogens with one attached hydrogen (secondary N) is 2. The molecule has 3 aromatic carbocycles. The smallest absolute Gasteiger partial charge is 0.408 e. The third kappa shape index (κ3) is 6.99. The van der Waals surface area contributed by atoms with Gasteiger partial charge >= 0.3 is 6.09 Å². The van der Waals surface area contributed by atoms with Gasteiger partial charge in [0, 0.05) is 17.3 Å². The number of ether oxygens (including phenoxy) is 1. The van der Waals surface area contributed by atoms with Gasteiger partial charge < -0.3 is 25.4 Å². The number of phenolic OH excluding ortho intramolecular Hbond substituents is 1. The van der Waals surface area contributed by atoms with E-state index >= 15 is 0 Å². The van der Waals surface area contributed by atoms with Gasteiger partial charge in [-0.1, -0.05) is 62.4 Å². The van der Waals surface area contributed by atoms with Crippen LogP contribution in [0.15, 0.2) is 60.7 Å². The van der Waals surface area contributed by atoms with E-state index in [4.69, 9.17) is 4.74 Å². The van der Waals surface area contributed by atoms with Crippen molar-refractivity contribution < 1.29 is 24.2 Å². The lowest BCUT2D eigenvalue weighted by Gasteiger charge is -2.44. The number of hydrogen-bond acceptors (Lipinski definition) is 5. The summed E-state index contributed by atoms with van der Waals surface area (Å²) in [6.07, 6.45) is 1.65. The molecule has 218 valence electrons. The maximum atomic E-state index is 14.4. The van der Waals surface area contributed by atoms with Crippen LogP contribution in [-0.2, 0) is 14.3 Å². The average Bonchev–Trinajstić information content (AvgIpc) is 2.86. The predicted molar refractivity (Wildman–Crippen MR) is 161 cm³/mol. The summed E-state index contributed by atoms with van der Waals surface area (Å²) in [5.74, 6) is -1.16. The van der Waals surface area contributed by atoms with Gasteiger partial charge in [0.2, 0.25) is 5.91 Å². The SMILES string of the molecule is Cc1cccc(C(C(=O)Nc2ccc3ccccc3c2)N(C(=O)C(NC(=O)OC(C)(C)C)C(C)C)C2CCC2)c1O. The molecule has 2 atom stereocenters. The largest absolute Gasteiger partial charge is 0.507 e. The van der Waals surface area contributed by atoms with Gasteiger partial charge in [-0.25, -0.2) is 4.79 Å². The first-order chi connectivity index (χ1) is 19.4. The molecule has 0 aliphatic heterocycles. The van der Waals surface area contributed by atoms with Crippen LogP contribution < -0.4 is 10.6 Å². The first-order valence-electron chi connectivity index (χ1n) is 14.3. The minimum Gasteiger partial charge on any atom is -0.507 e. The standard InChI is InChI=1S/C33H41N3O5/c1-20(2)27(35-32(40)41-33(4,5)6)31(39)36(25-14-10-15-25)28(26-16-9-11-21(3)29(26)37)30(38)34-24-18-17-22-12-7-8-13-23(22)19-24/h7-9,11-13,16-20,25,27-28,37H,10,14-15H2,1-6H3,(H,34,38)(H,35,40). The molecule has 0 bridgehead atoms. The van der Waals surface area contributed by atoms with E-state index in [2.05, 4.69) is 10.6 Å². The van der Waals surface area contributed by atoms with Crippen LogP contribution in [-0.4, -0.2) is 45.6 Å². The van der Waals surface area contributed by atoms with E-state index in [1.807, 2.05) is 56.3 Å². The minimum atomic E-state index is -1.12. The van der Waals surface area contributed by atoms with E-state index in [1.165, 1.54) is 0 Å². The number of anilines is 1. The molecule has 1 saturated carbocycles. The van der Waals surface area contributed by atoms with Crippen molar-refractivity contribution in [1.29, 1.82) is 0 Å². The number of benzene rings is 3. The number of aryl methyl sites for hydroxylation is 1. The first-order valence-corrected chi connectivity index (χ1v) is 14.3. The van der Waals surface area contributed by atoms with E-state index in [-0.39, 0.29) is 17.7 Å². The van der Waals surface area contributed by atoms with Gasteiger partial charge in [-0.05, 0) is 81.3 Å². The Labute approximate surface area is 242 Å². The van der Waals surface area contributed by atoms with Gasteiger partial charge in [0.25, 0.3) is 5.91 Å². The van der Waals surface area contributed by atoms with Crippen molar-refractivity contribution in [2.45, 2.75) is 84.5 Å². The zero-order valence-electron chi connectivity index (χ0n) is 24.7. The molecule has 3 amide bonds. The Kier molecular flexibility index (Phi) is 8.90. The van der Waals surface area contributed by atoms with E-state index < -0.39 is 35.6 Å². The Morgan fingerprint density at radius 3 is 2.27 bits per heavy atom. The van der Waals surface area contributed by atoms with Gasteiger partial charge in [0.15, 0.2) is 0 Å². The summed E-state index contributed by atoms with van der Waals surface area (Å²) in [5, 5.41) is 18.9. The molecule has 1 aliphatic rings. The van der Waals surface area contributed by atoms with Crippen molar-refractivity contribution in [1.82, 2.24) is 10.2 Å². The third-order valence-electron chi connectivity index (χ3n) is 7.43. The number of rotatable bonds is 8. The van der Waals surface area contributed by atoms with Crippen LogP contribution in [0.5, 0.6) is 5.75 Å². The summed E-state index contributed by atoms with van der Waals surface area (Å²) in [6.45, 7) is 10.7. The molecular weight excluding hydrogens is 518 g/mol. The quantitative estimate of drug-likeness (QED) is 0.293. The topological polar surface area (TPSA) is 108 Å². The lowest BCUT2D eigenvalue weighted by Crippen LogP contribution is -2.58. The summed E-state index contributed by atoms with van der Waals surface area (Å²) in [6, 6.07) is 16.4. The number of aromatic hydroxyl groups is 1. The van der Waals surface area contributed by atoms with Gasteiger partial charge in [-0.2, -0.15) is 0 Å². The highest BCUT2D eigenvalue weighted by Crippen LogP contribution is 2.39. The number of carbonyl (C=O) groups is 3. The van der Waals surface area contributed by atoms with E-state index in [9.17, 15) is 19.5 Å². The van der Waals surface area contributed by atoms with Crippen molar-refractivity contribution in [3.8, 4) is 5.75 Å². The fraction of sp³-hybridized carbons (Fsp3) is 0.424. The Morgan fingerprint density at radius 2 is 1.66 bits per heavy atom. The van der Waals surface area contributed by atoms with Crippen molar-refractivity contribution in [2.24, 2.45) is 5.92 Å². The van der Waals surface area contributed by atoms with Gasteiger partial charge in [0.1, 0.15) is 23.4 Å². The molecule has 8 nitrogen and oxygen atoms in total. The predicted octanol–water partition coefficient (Wildman–Crippen LogP) is 6.46. The number of alkyl carbamates (subject to hydrolysis) is 1. The summed E-state index contributed by atoms with van der Waals surface area (Å²) < 4.78 is 5.45. The molecule has 0 saturated heterocycles. The highest BCUT2D eigenvalue weighted by atomic mass is 16.6. The molecule has 41 heavy (non-hydrogen) atoms. The number of fused-ring (bicyclic) bond motifs is 1. The van der Waals surface area contributed by atoms with Gasteiger partial charge in [-0.15, -0.1) is 0 Å². The molecule has 0 heterocycles. The lowest BCUT2D eigenvalue weighted by molar-refractivity contribution is -0.146. The molecule has 4 rings (SSSR count). The minimum absolute atomic E-state index is 0.0375. The number of hydrogen-bond donors (Lipinski definition) is 3. The van der Waals surface area contributed by atoms with E-state index in [0.717, 1.165) is 30.0 Å². The van der Waals surface area contributed by atoms with Gasteiger partial charge in [0.05, 0.1) is 0 Å². The summed E-state index contributed by atoms with van der Waals surface area (Å²) in [4.78, 5) is 42.9. The van der Waals surface area contributed by atoms with E-state index in [1.54, 1.807) is 50.8 Å². The number of phenols is 1. The zero-order chi connectivity index (χ0) is 29.9. The fourth-order valence-corrected chi connectivity index (χ4v) is 5.09. The third-order valence-corrected chi connectivity index (χ3v) is 7.43. The fourth-order valence-electron chi connectivity index (χ4n) is 5.09. The number of amides is 3. The van der Waals surface area contributed by atoms with Crippen LogP contribution in [0.25, 0.3) is 10.8 Å². The van der Waals surface area contributed by atoms with Crippen molar-refractivity contribution in [3.05, 3.63) is 71.8 Å². The first kappa shape index (κ1) is 29.9. The monoisotopic (exact) mass is 559 g/mol. The maximum Gasteiger partial charge on any atom is 0.408 e. The second kappa shape index (κ2) is 12.2. The van der Waals surface area contributed by atoms with Crippen LogP contribution in [0.3, 0.4) is 0 Å². The summed E-state index contributed by atoms with van der Waals surface area (Å²) in [5.41, 5.74) is 0.777. The van der Waals surface area contributed by atoms with Crippen LogP contribution >= 0.6 is 0 Å². The van der Waals surface area contributed by atoms with E-state index in [0.29, 0.717) is 16.8 Å². The van der Waals surface area contributed by atoms with Crippen LogP contribution in [0.1, 0.15) is 71.0 Å². The molecule has 2 unspecified atom stereocenters. The number of carbonyl (C=O) groups excluding carboxylic acids is 3. The highest BCUT2D eigenvalue weighted by molar-refractivity contribution is 6.01. The normalized spacial score (nSPS) is 15.1. The molecule has 0 spiro atoms. The molecule has 3 N–H and O–H groups in total. The van der Waals surface area contributed by atoms with Crippen LogP contribution in [0, 0.1) is 12.8 Å². The van der Waals surface area contributed by atoms with Crippen molar-refractivity contribution >= 4 is 34.4 Å². The molecule has 3 aromatic rings. The number of nitrogens with zero attached hydrogens (tertiary/aromatic N) is 1. The second-order valence-electron chi connectivity index (χ2n) is 12.2. The van der Waals surface area contributed by atoms with Crippen LogP contribution in [0.4, 0.5) is 10.5 Å². The highest BCUT2D eigenvalue weighted by Gasteiger charge is 2.43. The van der Waals surface area contributed by atoms with Crippen LogP contribution in [0.2, 0.25) is 0 Å². The molecule has 1 fully saturated rings. The Bertz CT molecular complexity index is 1420. The molecular formula is C33H41N3O5. The number of para-hydroxylation sites is 1. The van der Waals surface area contributed by atoms with Crippen molar-refractivity contribution in [2.75, 3.05) is 5.32 Å². The van der Waals surface area contributed by atoms with Gasteiger partial charge in [-0.3, -0.25) is 9.59 Å². The lowest BCUT2D eigenvalue weighted by atomic mass is 9.86. The average molecular weight is 560 g/mol. The maximum absolute atomic E-state index is 14.4. The molecule has 0 aromatic heterocycles. The van der Waals surface area contributed by atoms with Crippen molar-refractivity contribution in [3.63, 3.8) is 0 Å². The zero-order valence-corrected chi connectivity index (χ0v) is 24.7. The summed E-state index contributed by atoms with van der Waals surface area (Å²) in [7, 11) is 0. The molecule has 0 radical (unpaired) electrons. The second-order valence-corrected chi connectivity index (χ2v) is 12.2.